The molecule has 1 atom stereocenters. The van der Waals surface area contributed by atoms with Crippen LogP contribution in [-0.4, -0.2) is 41.7 Å². The van der Waals surface area contributed by atoms with E-state index in [2.05, 4.69) is 30.7 Å². The van der Waals surface area contributed by atoms with Crippen LogP contribution in [0.4, 0.5) is 0 Å². The zero-order chi connectivity index (χ0) is 11.6. The topological polar surface area (TPSA) is 50.8 Å². The summed E-state index contributed by atoms with van der Waals surface area (Å²) in [5.74, 6) is 0.633. The Morgan fingerprint density at radius 2 is 2.13 bits per heavy atom. The first-order valence-corrected chi connectivity index (χ1v) is 5.56. The molecule has 1 rings (SSSR count). The van der Waals surface area contributed by atoms with Gasteiger partial charge < -0.3 is 15.4 Å². The minimum absolute atomic E-state index is 0.144. The van der Waals surface area contributed by atoms with Gasteiger partial charge in [-0.2, -0.15) is 0 Å². The first-order valence-electron chi connectivity index (χ1n) is 5.56. The lowest BCUT2D eigenvalue weighted by Gasteiger charge is -2.42. The molecule has 1 heterocycles. The van der Waals surface area contributed by atoms with Crippen molar-refractivity contribution in [3.05, 3.63) is 0 Å². The molecule has 2 N–H and O–H groups in total. The molecule has 4 nitrogen and oxygen atoms in total. The summed E-state index contributed by atoms with van der Waals surface area (Å²) in [6.45, 7) is 11.9. The maximum Gasteiger partial charge on any atom is 0.191 e. The molecule has 1 aliphatic heterocycles. The average molecular weight is 213 g/mol. The molecule has 0 amide bonds. The van der Waals surface area contributed by atoms with Crippen molar-refractivity contribution in [2.45, 2.75) is 52.4 Å². The third kappa shape index (κ3) is 3.70. The van der Waals surface area contributed by atoms with Gasteiger partial charge in [0.25, 0.3) is 0 Å². The monoisotopic (exact) mass is 213 g/mol. The molecule has 1 saturated heterocycles. The second-order valence-corrected chi connectivity index (χ2v) is 5.15. The summed E-state index contributed by atoms with van der Waals surface area (Å²) in [4.78, 5) is 6.47. The molecule has 15 heavy (non-hydrogen) atoms. The fraction of sp³-hybridized carbons (Fsp3) is 0.909. The minimum Gasteiger partial charge on any atom is -0.370 e. The highest BCUT2D eigenvalue weighted by Gasteiger charge is 2.32. The quantitative estimate of drug-likeness (QED) is 0.526. The van der Waals surface area contributed by atoms with Crippen molar-refractivity contribution >= 4 is 5.96 Å². The van der Waals surface area contributed by atoms with Gasteiger partial charge in [-0.3, -0.25) is 4.99 Å². The number of guanidine groups is 1. The highest BCUT2D eigenvalue weighted by molar-refractivity contribution is 5.78. The third-order valence-electron chi connectivity index (χ3n) is 2.28. The van der Waals surface area contributed by atoms with Crippen molar-refractivity contribution in [2.24, 2.45) is 10.7 Å². The predicted octanol–water partition coefficient (Wildman–Crippen LogP) is 1.21. The first-order chi connectivity index (χ1) is 6.80. The number of hydrogen-bond donors (Lipinski definition) is 1. The average Bonchev–Trinajstić information content (AvgIpc) is 1.98. The number of hydrogen-bond acceptors (Lipinski definition) is 2. The van der Waals surface area contributed by atoms with Gasteiger partial charge >= 0.3 is 0 Å². The number of nitrogens with zero attached hydrogens (tertiary/aromatic N) is 2. The summed E-state index contributed by atoms with van der Waals surface area (Å²) in [5.41, 5.74) is 5.81. The number of aliphatic imine (C=N–C) groups is 1. The van der Waals surface area contributed by atoms with Gasteiger partial charge in [0.1, 0.15) is 0 Å². The van der Waals surface area contributed by atoms with Gasteiger partial charge in [-0.25, -0.2) is 0 Å². The summed E-state index contributed by atoms with van der Waals surface area (Å²) in [6, 6.07) is 0.242. The van der Waals surface area contributed by atoms with Gasteiger partial charge in [0, 0.05) is 19.1 Å². The molecule has 88 valence electrons. The van der Waals surface area contributed by atoms with Gasteiger partial charge in [-0.05, 0) is 34.6 Å². The SMILES string of the molecule is CC(C)N=C(N)N1CC(C)OC(C)(C)C1. The van der Waals surface area contributed by atoms with Gasteiger partial charge in [0.2, 0.25) is 0 Å². The molecular formula is C11H23N3O. The van der Waals surface area contributed by atoms with Crippen molar-refractivity contribution in [1.29, 1.82) is 0 Å². The Bertz CT molecular complexity index is 248. The van der Waals surface area contributed by atoms with E-state index in [4.69, 9.17) is 10.5 Å². The third-order valence-corrected chi connectivity index (χ3v) is 2.28. The zero-order valence-electron chi connectivity index (χ0n) is 10.4. The number of morpholine rings is 1. The fourth-order valence-corrected chi connectivity index (χ4v) is 1.97. The van der Waals surface area contributed by atoms with Gasteiger partial charge in [-0.1, -0.05) is 0 Å². The zero-order valence-corrected chi connectivity index (χ0v) is 10.4. The second kappa shape index (κ2) is 4.39. The summed E-state index contributed by atoms with van der Waals surface area (Å²) < 4.78 is 5.81. The van der Waals surface area contributed by atoms with Crippen LogP contribution in [0, 0.1) is 0 Å². The van der Waals surface area contributed by atoms with Crippen molar-refractivity contribution in [3.63, 3.8) is 0 Å². The lowest BCUT2D eigenvalue weighted by Crippen LogP contribution is -2.55. The molecule has 0 bridgehead atoms. The largest absolute Gasteiger partial charge is 0.370 e. The lowest BCUT2D eigenvalue weighted by molar-refractivity contribution is -0.113. The van der Waals surface area contributed by atoms with Crippen LogP contribution >= 0.6 is 0 Å². The maximum atomic E-state index is 5.95. The summed E-state index contributed by atoms with van der Waals surface area (Å²) in [6.07, 6.45) is 0.203. The summed E-state index contributed by atoms with van der Waals surface area (Å²) in [5, 5.41) is 0. The molecule has 1 fully saturated rings. The Balaban J connectivity index is 2.70. The molecule has 1 aliphatic rings. The normalized spacial score (nSPS) is 27.2. The van der Waals surface area contributed by atoms with Crippen LogP contribution in [0.1, 0.15) is 34.6 Å². The van der Waals surface area contributed by atoms with Crippen LogP contribution in [-0.2, 0) is 4.74 Å². The molecule has 4 heteroatoms. The van der Waals surface area contributed by atoms with E-state index < -0.39 is 0 Å². The molecule has 0 saturated carbocycles. The highest BCUT2D eigenvalue weighted by atomic mass is 16.5. The number of ether oxygens (including phenoxy) is 1. The van der Waals surface area contributed by atoms with E-state index >= 15 is 0 Å². The molecule has 0 spiro atoms. The van der Waals surface area contributed by atoms with Gasteiger partial charge in [0.15, 0.2) is 5.96 Å². The van der Waals surface area contributed by atoms with E-state index in [0.717, 1.165) is 13.1 Å². The molecule has 0 aliphatic carbocycles. The fourth-order valence-electron chi connectivity index (χ4n) is 1.97. The van der Waals surface area contributed by atoms with Crippen LogP contribution < -0.4 is 5.73 Å². The molecule has 0 aromatic heterocycles. The number of rotatable bonds is 1. The highest BCUT2D eigenvalue weighted by Crippen LogP contribution is 2.20. The Hall–Kier alpha value is -0.770. The Kier molecular flexibility index (Phi) is 3.60. The van der Waals surface area contributed by atoms with Gasteiger partial charge in [0.05, 0.1) is 11.7 Å². The summed E-state index contributed by atoms with van der Waals surface area (Å²) >= 11 is 0. The molecular weight excluding hydrogens is 190 g/mol. The van der Waals surface area contributed by atoms with E-state index in [1.807, 2.05) is 13.8 Å². The van der Waals surface area contributed by atoms with Crippen molar-refractivity contribution < 1.29 is 4.74 Å². The molecule has 0 aromatic rings. The Labute approximate surface area is 92.5 Å². The van der Waals surface area contributed by atoms with E-state index in [1.54, 1.807) is 0 Å². The van der Waals surface area contributed by atoms with Crippen molar-refractivity contribution in [3.8, 4) is 0 Å². The van der Waals surface area contributed by atoms with E-state index in [0.29, 0.717) is 5.96 Å². The predicted molar refractivity (Wildman–Crippen MR) is 63.0 cm³/mol. The second-order valence-electron chi connectivity index (χ2n) is 5.15. The van der Waals surface area contributed by atoms with E-state index in [-0.39, 0.29) is 17.7 Å². The first kappa shape index (κ1) is 12.3. The number of nitrogens with two attached hydrogens (primary N) is 1. The Morgan fingerprint density at radius 3 is 2.60 bits per heavy atom. The smallest absolute Gasteiger partial charge is 0.191 e. The van der Waals surface area contributed by atoms with Crippen LogP contribution in [0.15, 0.2) is 4.99 Å². The van der Waals surface area contributed by atoms with Crippen molar-refractivity contribution in [2.75, 3.05) is 13.1 Å². The van der Waals surface area contributed by atoms with Crippen LogP contribution in [0.3, 0.4) is 0 Å². The van der Waals surface area contributed by atoms with E-state index in [9.17, 15) is 0 Å². The minimum atomic E-state index is -0.144. The van der Waals surface area contributed by atoms with Crippen molar-refractivity contribution in [1.82, 2.24) is 4.90 Å². The van der Waals surface area contributed by atoms with Crippen LogP contribution in [0.5, 0.6) is 0 Å². The maximum absolute atomic E-state index is 5.95. The van der Waals surface area contributed by atoms with Gasteiger partial charge in [-0.15, -0.1) is 0 Å². The van der Waals surface area contributed by atoms with Crippen LogP contribution in [0.25, 0.3) is 0 Å². The standard InChI is InChI=1S/C11H23N3O/c1-8(2)13-10(12)14-6-9(3)15-11(4,5)7-14/h8-9H,6-7H2,1-5H3,(H2,12,13). The van der Waals surface area contributed by atoms with E-state index in [1.165, 1.54) is 0 Å². The van der Waals surface area contributed by atoms with Crippen LogP contribution in [0.2, 0.25) is 0 Å². The Morgan fingerprint density at radius 1 is 1.53 bits per heavy atom. The molecule has 0 aromatic carbocycles. The molecule has 0 radical (unpaired) electrons. The summed E-state index contributed by atoms with van der Waals surface area (Å²) in [7, 11) is 0. The molecule has 1 unspecified atom stereocenters. The lowest BCUT2D eigenvalue weighted by atomic mass is 10.1.